The van der Waals surface area contributed by atoms with Crippen LogP contribution in [0.15, 0.2) is 41.5 Å². The summed E-state index contributed by atoms with van der Waals surface area (Å²) in [5, 5.41) is 5.54. The Bertz CT molecular complexity index is 855. The standard InChI is InChI=1S/C20H23N3O/c1-19(2)14-10-11-20(19,3)17(12-14)22-23-18(24)16-9-8-13-6-4-5-7-15(13)21-16/h4-9,14H,10-12H2,1-3H3,(H,23,24)/b22-17+/t14-,20-/m0/s1. The first-order valence-electron chi connectivity index (χ1n) is 8.65. The summed E-state index contributed by atoms with van der Waals surface area (Å²) in [6.07, 6.45) is 3.42. The molecule has 2 aliphatic rings. The Hall–Kier alpha value is -2.23. The molecule has 124 valence electrons. The van der Waals surface area contributed by atoms with Crippen LogP contribution in [0, 0.1) is 16.7 Å². The van der Waals surface area contributed by atoms with Gasteiger partial charge in [-0.05, 0) is 42.7 Å². The number of nitrogens with zero attached hydrogens (tertiary/aromatic N) is 2. The minimum atomic E-state index is -0.238. The number of aromatic nitrogens is 1. The maximum Gasteiger partial charge on any atom is 0.289 e. The summed E-state index contributed by atoms with van der Waals surface area (Å²) >= 11 is 0. The van der Waals surface area contributed by atoms with E-state index >= 15 is 0 Å². The summed E-state index contributed by atoms with van der Waals surface area (Å²) in [5.41, 5.74) is 5.47. The molecule has 1 amide bonds. The van der Waals surface area contributed by atoms with Crippen molar-refractivity contribution in [3.8, 4) is 0 Å². The molecule has 24 heavy (non-hydrogen) atoms. The summed E-state index contributed by atoms with van der Waals surface area (Å²) in [7, 11) is 0. The van der Waals surface area contributed by atoms with Gasteiger partial charge in [-0.3, -0.25) is 4.79 Å². The number of carbonyl (C=O) groups excluding carboxylic acids is 1. The third kappa shape index (κ3) is 2.09. The van der Waals surface area contributed by atoms with E-state index in [0.717, 1.165) is 29.5 Å². The van der Waals surface area contributed by atoms with Crippen molar-refractivity contribution in [2.75, 3.05) is 0 Å². The smallest absolute Gasteiger partial charge is 0.266 e. The number of hydrazone groups is 1. The molecule has 2 saturated carbocycles. The second kappa shape index (κ2) is 5.13. The quantitative estimate of drug-likeness (QED) is 0.844. The second-order valence-corrected chi connectivity index (χ2v) is 7.88. The van der Waals surface area contributed by atoms with Crippen LogP contribution in [-0.2, 0) is 0 Å². The number of fused-ring (bicyclic) bond motifs is 3. The lowest BCUT2D eigenvalue weighted by Crippen LogP contribution is -2.34. The Balaban J connectivity index is 1.56. The molecule has 2 fully saturated rings. The van der Waals surface area contributed by atoms with E-state index in [2.05, 4.69) is 36.3 Å². The summed E-state index contributed by atoms with van der Waals surface area (Å²) in [6.45, 7) is 6.96. The van der Waals surface area contributed by atoms with E-state index in [1.54, 1.807) is 6.07 Å². The number of amides is 1. The number of hydrogen-bond donors (Lipinski definition) is 1. The molecule has 4 heteroatoms. The number of benzene rings is 1. The molecular weight excluding hydrogens is 298 g/mol. The molecule has 0 unspecified atom stereocenters. The fraction of sp³-hybridized carbons (Fsp3) is 0.450. The predicted molar refractivity (Wildman–Crippen MR) is 95.9 cm³/mol. The highest BCUT2D eigenvalue weighted by Gasteiger charge is 2.60. The van der Waals surface area contributed by atoms with Crippen molar-refractivity contribution in [3.05, 3.63) is 42.1 Å². The van der Waals surface area contributed by atoms with Crippen molar-refractivity contribution in [2.45, 2.75) is 40.0 Å². The van der Waals surface area contributed by atoms with E-state index in [9.17, 15) is 4.79 Å². The van der Waals surface area contributed by atoms with Gasteiger partial charge in [0.25, 0.3) is 5.91 Å². The van der Waals surface area contributed by atoms with Gasteiger partial charge in [-0.2, -0.15) is 5.10 Å². The van der Waals surface area contributed by atoms with Crippen molar-refractivity contribution in [2.24, 2.45) is 21.8 Å². The SMILES string of the molecule is CC1(C)[C@H]2CC[C@@]1(C)/C(=N/NC(=O)c1ccc3ccccc3n1)C2. The van der Waals surface area contributed by atoms with Crippen LogP contribution in [0.5, 0.6) is 0 Å². The second-order valence-electron chi connectivity index (χ2n) is 7.88. The summed E-state index contributed by atoms with van der Waals surface area (Å²) in [6, 6.07) is 11.5. The Morgan fingerprint density at radius 1 is 1.21 bits per heavy atom. The zero-order valence-corrected chi connectivity index (χ0v) is 14.5. The van der Waals surface area contributed by atoms with Crippen LogP contribution >= 0.6 is 0 Å². The molecular formula is C20H23N3O. The van der Waals surface area contributed by atoms with Crippen molar-refractivity contribution in [1.82, 2.24) is 10.4 Å². The fourth-order valence-corrected chi connectivity index (χ4v) is 4.47. The molecule has 0 aliphatic heterocycles. The maximum atomic E-state index is 12.4. The van der Waals surface area contributed by atoms with E-state index in [0.29, 0.717) is 11.6 Å². The van der Waals surface area contributed by atoms with Crippen LogP contribution in [0.3, 0.4) is 0 Å². The molecule has 0 radical (unpaired) electrons. The van der Waals surface area contributed by atoms with Crippen molar-refractivity contribution in [3.63, 3.8) is 0 Å². The van der Waals surface area contributed by atoms with E-state index in [1.165, 1.54) is 6.42 Å². The fourth-order valence-electron chi connectivity index (χ4n) is 4.47. The minimum absolute atomic E-state index is 0.0990. The van der Waals surface area contributed by atoms with Gasteiger partial charge in [0.15, 0.2) is 0 Å². The van der Waals surface area contributed by atoms with Gasteiger partial charge in [0.2, 0.25) is 0 Å². The molecule has 1 aromatic carbocycles. The largest absolute Gasteiger partial charge is 0.289 e. The summed E-state index contributed by atoms with van der Waals surface area (Å²) < 4.78 is 0. The molecule has 2 aromatic rings. The molecule has 4 nitrogen and oxygen atoms in total. The highest BCUT2D eigenvalue weighted by atomic mass is 16.2. The number of nitrogens with one attached hydrogen (secondary N) is 1. The monoisotopic (exact) mass is 321 g/mol. The van der Waals surface area contributed by atoms with E-state index < -0.39 is 0 Å². The molecule has 0 spiro atoms. The van der Waals surface area contributed by atoms with E-state index in [4.69, 9.17) is 0 Å². The van der Waals surface area contributed by atoms with Gasteiger partial charge < -0.3 is 0 Å². The highest BCUT2D eigenvalue weighted by molar-refractivity contribution is 5.98. The van der Waals surface area contributed by atoms with Gasteiger partial charge >= 0.3 is 0 Å². The number of hydrogen-bond acceptors (Lipinski definition) is 3. The van der Waals surface area contributed by atoms with Crippen LogP contribution in [0.1, 0.15) is 50.5 Å². The van der Waals surface area contributed by atoms with Gasteiger partial charge in [-0.15, -0.1) is 0 Å². The Kier molecular flexibility index (Phi) is 3.27. The summed E-state index contributed by atoms with van der Waals surface area (Å²) in [5.74, 6) is 0.439. The Morgan fingerprint density at radius 2 is 2.00 bits per heavy atom. The first-order valence-corrected chi connectivity index (χ1v) is 8.65. The normalized spacial score (nSPS) is 29.3. The maximum absolute atomic E-state index is 12.4. The molecule has 0 saturated heterocycles. The lowest BCUT2D eigenvalue weighted by molar-refractivity contribution is 0.0949. The molecule has 1 N–H and O–H groups in total. The highest BCUT2D eigenvalue weighted by Crippen LogP contribution is 2.63. The zero-order valence-electron chi connectivity index (χ0n) is 14.5. The summed E-state index contributed by atoms with van der Waals surface area (Å²) in [4.78, 5) is 16.9. The van der Waals surface area contributed by atoms with Crippen LogP contribution in [-0.4, -0.2) is 16.6 Å². The molecule has 4 rings (SSSR count). The van der Waals surface area contributed by atoms with E-state index in [1.807, 2.05) is 30.3 Å². The van der Waals surface area contributed by atoms with Crippen molar-refractivity contribution < 1.29 is 4.79 Å². The van der Waals surface area contributed by atoms with E-state index in [-0.39, 0.29) is 16.7 Å². The van der Waals surface area contributed by atoms with Crippen LogP contribution < -0.4 is 5.43 Å². The first-order chi connectivity index (χ1) is 11.4. The van der Waals surface area contributed by atoms with Gasteiger partial charge in [-0.25, -0.2) is 10.4 Å². The number of pyridine rings is 1. The van der Waals surface area contributed by atoms with Crippen LogP contribution in [0.4, 0.5) is 0 Å². The molecule has 2 bridgehead atoms. The van der Waals surface area contributed by atoms with Crippen LogP contribution in [0.25, 0.3) is 10.9 Å². The van der Waals surface area contributed by atoms with Crippen molar-refractivity contribution >= 4 is 22.5 Å². The Labute approximate surface area is 142 Å². The molecule has 1 heterocycles. The van der Waals surface area contributed by atoms with Crippen molar-refractivity contribution in [1.29, 1.82) is 0 Å². The molecule has 2 atom stereocenters. The third-order valence-corrected chi connectivity index (χ3v) is 6.64. The van der Waals surface area contributed by atoms with Gasteiger partial charge in [0, 0.05) is 16.5 Å². The predicted octanol–water partition coefficient (Wildman–Crippen LogP) is 4.17. The first kappa shape index (κ1) is 15.3. The average molecular weight is 321 g/mol. The van der Waals surface area contributed by atoms with Gasteiger partial charge in [0.05, 0.1) is 5.52 Å². The van der Waals surface area contributed by atoms with Gasteiger partial charge in [0.1, 0.15) is 5.69 Å². The topological polar surface area (TPSA) is 54.4 Å². The zero-order chi connectivity index (χ0) is 16.9. The minimum Gasteiger partial charge on any atom is -0.266 e. The lowest BCUT2D eigenvalue weighted by Gasteiger charge is -2.34. The number of rotatable bonds is 2. The number of para-hydroxylation sites is 1. The average Bonchev–Trinajstić information content (AvgIpc) is 2.92. The van der Waals surface area contributed by atoms with Crippen LogP contribution in [0.2, 0.25) is 0 Å². The molecule has 1 aromatic heterocycles. The lowest BCUT2D eigenvalue weighted by atomic mass is 9.70. The number of carbonyl (C=O) groups is 1. The Morgan fingerprint density at radius 3 is 2.71 bits per heavy atom. The molecule has 2 aliphatic carbocycles. The third-order valence-electron chi connectivity index (χ3n) is 6.64. The van der Waals surface area contributed by atoms with Gasteiger partial charge in [-0.1, -0.05) is 45.0 Å².